The van der Waals surface area contributed by atoms with E-state index >= 15 is 0 Å². The summed E-state index contributed by atoms with van der Waals surface area (Å²) in [4.78, 5) is 0. The maximum atomic E-state index is 2.29. The van der Waals surface area contributed by atoms with Crippen LogP contribution in [0.1, 0.15) is 41.7 Å². The van der Waals surface area contributed by atoms with Crippen molar-refractivity contribution in [3.63, 3.8) is 0 Å². The molecule has 0 nitrogen and oxygen atoms in total. The Bertz CT molecular complexity index is 988. The maximum Gasteiger partial charge on any atom is 0.0710 e. The summed E-state index contributed by atoms with van der Waals surface area (Å²) < 4.78 is 0. The van der Waals surface area contributed by atoms with Crippen molar-refractivity contribution in [1.82, 2.24) is 0 Å². The molecule has 1 aliphatic rings. The summed E-state index contributed by atoms with van der Waals surface area (Å²) >= 11 is 0. The number of fused-ring (bicyclic) bond motifs is 1. The fourth-order valence-electron chi connectivity index (χ4n) is 4.41. The first kappa shape index (κ1) is 16.6. The Morgan fingerprint density at radius 2 is 1.31 bits per heavy atom. The van der Waals surface area contributed by atoms with E-state index in [2.05, 4.69) is 112 Å². The van der Waals surface area contributed by atoms with Gasteiger partial charge in [-0.3, -0.25) is 0 Å². The molecule has 0 fully saturated rings. The summed E-state index contributed by atoms with van der Waals surface area (Å²) in [5.41, 5.74) is 9.14. The van der Waals surface area contributed by atoms with Crippen molar-refractivity contribution in [3.8, 4) is 0 Å². The Balaban J connectivity index is 2.16. The zero-order valence-electron chi connectivity index (χ0n) is 15.7. The predicted molar refractivity (Wildman–Crippen MR) is 111 cm³/mol. The number of rotatable bonds is 3. The second-order valence-electron chi connectivity index (χ2n) is 7.07. The lowest BCUT2D eigenvalue weighted by Crippen LogP contribution is -2.29. The molecular weight excluding hydrogens is 312 g/mol. The van der Waals surface area contributed by atoms with Gasteiger partial charge in [0.2, 0.25) is 0 Å². The highest BCUT2D eigenvalue weighted by atomic mass is 14.5. The van der Waals surface area contributed by atoms with Crippen LogP contribution >= 0.6 is 0 Å². The molecule has 0 saturated carbocycles. The first-order valence-corrected chi connectivity index (χ1v) is 9.26. The topological polar surface area (TPSA) is 0 Å². The molecule has 0 N–H and O–H groups in total. The van der Waals surface area contributed by atoms with E-state index in [-0.39, 0.29) is 5.41 Å². The zero-order valence-corrected chi connectivity index (χ0v) is 15.7. The smallest absolute Gasteiger partial charge is 0.0710 e. The Hall–Kier alpha value is -2.86. The van der Waals surface area contributed by atoms with Crippen LogP contribution in [0.2, 0.25) is 0 Å². The highest BCUT2D eigenvalue weighted by Crippen LogP contribution is 2.54. The van der Waals surface area contributed by atoms with Crippen molar-refractivity contribution in [1.29, 1.82) is 0 Å². The number of allylic oxidation sites excluding steroid dienone is 4. The van der Waals surface area contributed by atoms with Gasteiger partial charge in [0.05, 0.1) is 5.41 Å². The summed E-state index contributed by atoms with van der Waals surface area (Å²) in [5, 5.41) is 0. The number of hydrogen-bond acceptors (Lipinski definition) is 0. The molecule has 0 spiro atoms. The lowest BCUT2D eigenvalue weighted by atomic mass is 9.66. The third-order valence-electron chi connectivity index (χ3n) is 5.57. The van der Waals surface area contributed by atoms with Gasteiger partial charge in [-0.15, -0.1) is 0 Å². The van der Waals surface area contributed by atoms with Crippen molar-refractivity contribution < 1.29 is 0 Å². The fraction of sp³-hybridized carbons (Fsp3) is 0.154. The van der Waals surface area contributed by atoms with Gasteiger partial charge in [0.25, 0.3) is 0 Å². The van der Waals surface area contributed by atoms with E-state index in [0.717, 1.165) is 0 Å². The summed E-state index contributed by atoms with van der Waals surface area (Å²) in [6.07, 6.45) is 4.46. The summed E-state index contributed by atoms with van der Waals surface area (Å²) in [6.45, 7) is 6.51. The summed E-state index contributed by atoms with van der Waals surface area (Å²) in [7, 11) is 0. The third kappa shape index (κ3) is 2.29. The highest BCUT2D eigenvalue weighted by molar-refractivity contribution is 5.86. The average molecular weight is 336 g/mol. The molecule has 1 aliphatic carbocycles. The Kier molecular flexibility index (Phi) is 4.12. The molecule has 1 unspecified atom stereocenters. The van der Waals surface area contributed by atoms with Gasteiger partial charge in [0.1, 0.15) is 0 Å². The van der Waals surface area contributed by atoms with Crippen LogP contribution in [0.5, 0.6) is 0 Å². The van der Waals surface area contributed by atoms with Crippen LogP contribution in [0.4, 0.5) is 0 Å². The van der Waals surface area contributed by atoms with E-state index in [1.165, 1.54) is 39.0 Å². The van der Waals surface area contributed by atoms with Crippen molar-refractivity contribution in [2.75, 3.05) is 0 Å². The first-order valence-electron chi connectivity index (χ1n) is 9.26. The van der Waals surface area contributed by atoms with Crippen LogP contribution < -0.4 is 0 Å². The molecule has 0 heteroatoms. The van der Waals surface area contributed by atoms with Gasteiger partial charge in [-0.05, 0) is 54.2 Å². The molecule has 128 valence electrons. The van der Waals surface area contributed by atoms with Gasteiger partial charge < -0.3 is 0 Å². The van der Waals surface area contributed by atoms with Crippen LogP contribution in [0.25, 0.3) is 5.57 Å². The number of hydrogen-bond donors (Lipinski definition) is 0. The third-order valence-corrected chi connectivity index (χ3v) is 5.57. The summed E-state index contributed by atoms with van der Waals surface area (Å²) in [5.74, 6) is 0. The largest absolute Gasteiger partial charge is 0.0873 e. The zero-order chi connectivity index (χ0) is 18.1. The lowest BCUT2D eigenvalue weighted by molar-refractivity contribution is 0.760. The van der Waals surface area contributed by atoms with E-state index in [1.807, 2.05) is 0 Å². The molecular formula is C26H24. The predicted octanol–water partition coefficient (Wildman–Crippen LogP) is 6.69. The Morgan fingerprint density at radius 1 is 0.692 bits per heavy atom. The number of benzene rings is 3. The van der Waals surface area contributed by atoms with E-state index < -0.39 is 0 Å². The van der Waals surface area contributed by atoms with Crippen LogP contribution in [-0.4, -0.2) is 0 Å². The highest BCUT2D eigenvalue weighted by Gasteiger charge is 2.45. The molecule has 0 bridgehead atoms. The van der Waals surface area contributed by atoms with Crippen LogP contribution in [-0.2, 0) is 5.41 Å². The SMILES string of the molecule is C/C=C\C1=C(C)c2ccccc2C1(c1ccccc1)c1ccc(C)cc1. The van der Waals surface area contributed by atoms with Crippen molar-refractivity contribution in [2.24, 2.45) is 0 Å². The molecule has 4 rings (SSSR count). The second kappa shape index (κ2) is 6.46. The quantitative estimate of drug-likeness (QED) is 0.499. The Labute approximate surface area is 156 Å². The monoisotopic (exact) mass is 336 g/mol. The van der Waals surface area contributed by atoms with E-state index in [1.54, 1.807) is 0 Å². The molecule has 3 aromatic rings. The Morgan fingerprint density at radius 3 is 2.00 bits per heavy atom. The second-order valence-corrected chi connectivity index (χ2v) is 7.07. The molecule has 0 heterocycles. The normalized spacial score (nSPS) is 19.2. The fourth-order valence-corrected chi connectivity index (χ4v) is 4.41. The molecule has 1 atom stereocenters. The molecule has 0 saturated heterocycles. The van der Waals surface area contributed by atoms with Crippen molar-refractivity contribution in [3.05, 3.63) is 124 Å². The molecule has 0 radical (unpaired) electrons. The van der Waals surface area contributed by atoms with Gasteiger partial charge in [-0.2, -0.15) is 0 Å². The first-order chi connectivity index (χ1) is 12.7. The molecule has 26 heavy (non-hydrogen) atoms. The van der Waals surface area contributed by atoms with Crippen LogP contribution in [0.3, 0.4) is 0 Å². The molecule has 3 aromatic carbocycles. The van der Waals surface area contributed by atoms with Gasteiger partial charge in [-0.1, -0.05) is 96.6 Å². The van der Waals surface area contributed by atoms with Crippen molar-refractivity contribution >= 4 is 5.57 Å². The van der Waals surface area contributed by atoms with Crippen LogP contribution in [0, 0.1) is 6.92 Å². The van der Waals surface area contributed by atoms with Gasteiger partial charge in [0, 0.05) is 0 Å². The molecule has 0 aliphatic heterocycles. The van der Waals surface area contributed by atoms with Gasteiger partial charge in [-0.25, -0.2) is 0 Å². The lowest BCUT2D eigenvalue weighted by Gasteiger charge is -2.35. The maximum absolute atomic E-state index is 2.29. The molecule has 0 aromatic heterocycles. The van der Waals surface area contributed by atoms with E-state index in [0.29, 0.717) is 0 Å². The minimum absolute atomic E-state index is 0.262. The summed E-state index contributed by atoms with van der Waals surface area (Å²) in [6, 6.07) is 28.8. The number of aryl methyl sites for hydroxylation is 1. The van der Waals surface area contributed by atoms with E-state index in [4.69, 9.17) is 0 Å². The van der Waals surface area contributed by atoms with Crippen LogP contribution in [0.15, 0.2) is 96.6 Å². The van der Waals surface area contributed by atoms with Gasteiger partial charge >= 0.3 is 0 Å². The standard InChI is InChI=1S/C26H24/c1-4-10-24-20(3)23-13-8-9-14-25(23)26(24,21-11-6-5-7-12-21)22-17-15-19(2)16-18-22/h4-18H,1-3H3/b10-4-. The minimum Gasteiger partial charge on any atom is -0.0873 e. The minimum atomic E-state index is -0.262. The van der Waals surface area contributed by atoms with Gasteiger partial charge in [0.15, 0.2) is 0 Å². The average Bonchev–Trinajstić information content (AvgIpc) is 2.93. The van der Waals surface area contributed by atoms with Crippen molar-refractivity contribution in [2.45, 2.75) is 26.2 Å². The van der Waals surface area contributed by atoms with E-state index in [9.17, 15) is 0 Å². The molecule has 0 amide bonds.